The molecular weight excluding hydrogens is 306 g/mol. The summed E-state index contributed by atoms with van der Waals surface area (Å²) in [6.45, 7) is 0.549. The Bertz CT molecular complexity index is 451. The molecule has 0 saturated carbocycles. The summed E-state index contributed by atoms with van der Waals surface area (Å²) in [6.07, 6.45) is 0. The van der Waals surface area contributed by atoms with Gasteiger partial charge in [-0.3, -0.25) is 4.18 Å². The molecule has 0 heterocycles. The van der Waals surface area contributed by atoms with Crippen molar-refractivity contribution in [1.29, 1.82) is 0 Å². The first-order valence-electron chi connectivity index (χ1n) is 4.23. The molecule has 0 spiro atoms. The Balaban J connectivity index is 2.83. The summed E-state index contributed by atoms with van der Waals surface area (Å²) in [4.78, 5) is -3.50. The molecule has 0 amide bonds. The van der Waals surface area contributed by atoms with Gasteiger partial charge in [-0.2, -0.15) is 17.2 Å². The van der Waals surface area contributed by atoms with Crippen molar-refractivity contribution in [2.75, 3.05) is 6.61 Å². The number of aryl methyl sites for hydroxylation is 1. The third kappa shape index (κ3) is 4.15. The van der Waals surface area contributed by atoms with Crippen LogP contribution in [0.4, 0.5) is 8.78 Å². The van der Waals surface area contributed by atoms with E-state index in [9.17, 15) is 17.2 Å². The molecule has 0 aliphatic carbocycles. The van der Waals surface area contributed by atoms with Gasteiger partial charge in [-0.05, 0) is 35.0 Å². The summed E-state index contributed by atoms with van der Waals surface area (Å²) < 4.78 is 51.7. The normalized spacial score (nSPS) is 12.8. The minimum atomic E-state index is -4.12. The fourth-order valence-corrected chi connectivity index (χ4v) is 2.09. The van der Waals surface area contributed by atoms with Gasteiger partial charge in [0, 0.05) is 0 Å². The fraction of sp³-hybridized carbons (Fsp3) is 0.333. The number of halogens is 3. The maximum atomic E-state index is 12.4. The summed E-state index contributed by atoms with van der Waals surface area (Å²) in [7, 11) is -4.12. The van der Waals surface area contributed by atoms with E-state index in [4.69, 9.17) is 0 Å². The summed E-state index contributed by atoms with van der Waals surface area (Å²) in [5.74, 6) is 0. The second kappa shape index (κ2) is 4.77. The third-order valence-electron chi connectivity index (χ3n) is 1.69. The smallest absolute Gasteiger partial charge is 0.259 e. The van der Waals surface area contributed by atoms with Crippen LogP contribution in [0, 0.1) is 6.92 Å². The third-order valence-corrected chi connectivity index (χ3v) is 3.19. The van der Waals surface area contributed by atoms with Crippen molar-refractivity contribution in [3.8, 4) is 0 Å². The zero-order valence-corrected chi connectivity index (χ0v) is 10.7. The van der Waals surface area contributed by atoms with E-state index in [2.05, 4.69) is 4.18 Å². The monoisotopic (exact) mass is 314 g/mol. The molecule has 0 fully saturated rings. The largest absolute Gasteiger partial charge is 0.325 e. The Morgan fingerprint density at radius 3 is 2.25 bits per heavy atom. The van der Waals surface area contributed by atoms with Gasteiger partial charge in [-0.15, -0.1) is 0 Å². The molecule has 1 aromatic rings. The highest BCUT2D eigenvalue weighted by molar-refractivity contribution is 9.10. The van der Waals surface area contributed by atoms with Gasteiger partial charge in [-0.1, -0.05) is 17.7 Å². The number of hydrogen-bond acceptors (Lipinski definition) is 3. The molecule has 90 valence electrons. The van der Waals surface area contributed by atoms with Gasteiger partial charge in [-0.25, -0.2) is 0 Å². The molecule has 16 heavy (non-hydrogen) atoms. The van der Waals surface area contributed by atoms with Crippen molar-refractivity contribution in [2.45, 2.75) is 16.7 Å². The van der Waals surface area contributed by atoms with Gasteiger partial charge in [0.25, 0.3) is 10.1 Å². The maximum Gasteiger partial charge on any atom is 0.325 e. The molecule has 0 N–H and O–H groups in total. The van der Waals surface area contributed by atoms with Crippen LogP contribution in [0.2, 0.25) is 0 Å². The molecule has 0 aliphatic rings. The summed E-state index contributed by atoms with van der Waals surface area (Å²) in [6, 6.07) is 5.72. The molecule has 0 aliphatic heterocycles. The van der Waals surface area contributed by atoms with E-state index in [1.165, 1.54) is 12.1 Å². The lowest BCUT2D eigenvalue weighted by atomic mass is 10.2. The Hall–Kier alpha value is -0.530. The Labute approximate surface area is 101 Å². The summed E-state index contributed by atoms with van der Waals surface area (Å²) in [5.41, 5.74) is 0.866. The van der Waals surface area contributed by atoms with Crippen molar-refractivity contribution in [1.82, 2.24) is 0 Å². The van der Waals surface area contributed by atoms with E-state index in [0.29, 0.717) is 0 Å². The minimum Gasteiger partial charge on any atom is -0.259 e. The molecule has 1 aromatic carbocycles. The maximum absolute atomic E-state index is 12.4. The molecule has 0 bridgehead atoms. The van der Waals surface area contributed by atoms with Crippen LogP contribution in [-0.2, 0) is 14.3 Å². The van der Waals surface area contributed by atoms with Crippen molar-refractivity contribution < 1.29 is 21.4 Å². The van der Waals surface area contributed by atoms with Gasteiger partial charge in [0.1, 0.15) is 6.61 Å². The van der Waals surface area contributed by atoms with Crippen molar-refractivity contribution in [2.24, 2.45) is 0 Å². The predicted octanol–water partition coefficient (Wildman–Crippen LogP) is 2.69. The molecule has 0 atom stereocenters. The number of hydrogen-bond donors (Lipinski definition) is 0. The van der Waals surface area contributed by atoms with E-state index in [1.807, 2.05) is 15.9 Å². The standard InChI is InChI=1S/C9H9BrF2O3S/c1-7-2-4-8(5-3-7)16(13,14)15-6-9(10,11)12/h2-5H,6H2,1H3. The number of rotatable bonds is 4. The number of alkyl halides is 3. The van der Waals surface area contributed by atoms with Gasteiger partial charge >= 0.3 is 4.83 Å². The van der Waals surface area contributed by atoms with Crippen LogP contribution in [0.5, 0.6) is 0 Å². The van der Waals surface area contributed by atoms with Crippen LogP contribution in [-0.4, -0.2) is 19.9 Å². The lowest BCUT2D eigenvalue weighted by molar-refractivity contribution is 0.0571. The van der Waals surface area contributed by atoms with E-state index in [0.717, 1.165) is 5.56 Å². The summed E-state index contributed by atoms with van der Waals surface area (Å²) in [5, 5.41) is 0. The first kappa shape index (κ1) is 13.5. The van der Waals surface area contributed by atoms with Gasteiger partial charge in [0.15, 0.2) is 0 Å². The highest BCUT2D eigenvalue weighted by Crippen LogP contribution is 2.24. The second-order valence-corrected chi connectivity index (χ2v) is 5.92. The second-order valence-electron chi connectivity index (χ2n) is 3.14. The lowest BCUT2D eigenvalue weighted by Gasteiger charge is -2.09. The van der Waals surface area contributed by atoms with E-state index < -0.39 is 21.6 Å². The van der Waals surface area contributed by atoms with Crippen molar-refractivity contribution >= 4 is 26.0 Å². The van der Waals surface area contributed by atoms with Crippen LogP contribution in [0.15, 0.2) is 29.2 Å². The average molecular weight is 315 g/mol. The fourth-order valence-electron chi connectivity index (χ4n) is 0.917. The van der Waals surface area contributed by atoms with Crippen LogP contribution in [0.3, 0.4) is 0 Å². The molecular formula is C9H9BrF2O3S. The minimum absolute atomic E-state index is 0.144. The molecule has 0 radical (unpaired) electrons. The lowest BCUT2D eigenvalue weighted by Crippen LogP contribution is -2.19. The van der Waals surface area contributed by atoms with Crippen LogP contribution >= 0.6 is 15.9 Å². The highest BCUT2D eigenvalue weighted by atomic mass is 79.9. The van der Waals surface area contributed by atoms with Crippen LogP contribution < -0.4 is 0 Å². The molecule has 7 heteroatoms. The topological polar surface area (TPSA) is 43.4 Å². The predicted molar refractivity (Wildman–Crippen MR) is 58.2 cm³/mol. The average Bonchev–Trinajstić information content (AvgIpc) is 2.15. The quantitative estimate of drug-likeness (QED) is 0.634. The van der Waals surface area contributed by atoms with Crippen LogP contribution in [0.25, 0.3) is 0 Å². The SMILES string of the molecule is Cc1ccc(S(=O)(=O)OCC(F)(F)Br)cc1. The van der Waals surface area contributed by atoms with Gasteiger partial charge in [0.2, 0.25) is 0 Å². The molecule has 0 unspecified atom stereocenters. The van der Waals surface area contributed by atoms with Gasteiger partial charge < -0.3 is 0 Å². The Morgan fingerprint density at radius 2 is 1.81 bits per heavy atom. The molecule has 1 rings (SSSR count). The molecule has 3 nitrogen and oxygen atoms in total. The Kier molecular flexibility index (Phi) is 4.03. The molecule has 0 aromatic heterocycles. The van der Waals surface area contributed by atoms with Gasteiger partial charge in [0.05, 0.1) is 4.90 Å². The highest BCUT2D eigenvalue weighted by Gasteiger charge is 2.28. The summed E-state index contributed by atoms with van der Waals surface area (Å²) >= 11 is 1.99. The van der Waals surface area contributed by atoms with Crippen LogP contribution in [0.1, 0.15) is 5.56 Å². The van der Waals surface area contributed by atoms with E-state index >= 15 is 0 Å². The van der Waals surface area contributed by atoms with Crippen molar-refractivity contribution in [3.05, 3.63) is 29.8 Å². The zero-order chi connectivity index (χ0) is 12.4. The first-order valence-corrected chi connectivity index (χ1v) is 6.44. The van der Waals surface area contributed by atoms with E-state index in [-0.39, 0.29) is 4.90 Å². The Morgan fingerprint density at radius 1 is 1.31 bits per heavy atom. The first-order chi connectivity index (χ1) is 7.21. The van der Waals surface area contributed by atoms with Crippen molar-refractivity contribution in [3.63, 3.8) is 0 Å². The molecule has 0 saturated heterocycles. The number of benzene rings is 1. The zero-order valence-electron chi connectivity index (χ0n) is 8.28. The van der Waals surface area contributed by atoms with E-state index in [1.54, 1.807) is 19.1 Å².